The SMILES string of the molecule is CN1CC(=O)N(C/C(N)=N/O)C1=O. The lowest BCUT2D eigenvalue weighted by atomic mass is 10.5. The number of nitrogens with two attached hydrogens (primary N) is 1. The second-order valence-corrected chi connectivity index (χ2v) is 2.71. The van der Waals surface area contributed by atoms with E-state index in [1.165, 1.54) is 11.9 Å². The van der Waals surface area contributed by atoms with E-state index in [1.54, 1.807) is 0 Å². The van der Waals surface area contributed by atoms with Crippen LogP contribution in [-0.2, 0) is 4.79 Å². The number of nitrogens with zero attached hydrogens (tertiary/aromatic N) is 3. The van der Waals surface area contributed by atoms with E-state index in [0.717, 1.165) is 4.90 Å². The highest BCUT2D eigenvalue weighted by Crippen LogP contribution is 2.06. The van der Waals surface area contributed by atoms with Gasteiger partial charge in [-0.25, -0.2) is 4.79 Å². The molecule has 13 heavy (non-hydrogen) atoms. The standard InChI is InChI=1S/C6H10N4O3/c1-9-3-5(11)10(6(9)12)2-4(7)8-13/h13H,2-3H2,1H3,(H2,7,8). The van der Waals surface area contributed by atoms with Gasteiger partial charge in [0, 0.05) is 7.05 Å². The Morgan fingerprint density at radius 1 is 1.69 bits per heavy atom. The summed E-state index contributed by atoms with van der Waals surface area (Å²) in [5, 5.41) is 10.9. The first kappa shape index (κ1) is 9.30. The highest BCUT2D eigenvalue weighted by molar-refractivity contribution is 6.04. The monoisotopic (exact) mass is 186 g/mol. The molecule has 1 fully saturated rings. The molecule has 1 rings (SSSR count). The summed E-state index contributed by atoms with van der Waals surface area (Å²) in [5.41, 5.74) is 5.16. The van der Waals surface area contributed by atoms with E-state index in [-0.39, 0.29) is 24.8 Å². The molecule has 0 aromatic carbocycles. The highest BCUT2D eigenvalue weighted by atomic mass is 16.4. The van der Waals surface area contributed by atoms with Gasteiger partial charge in [0.1, 0.15) is 6.54 Å². The smallest absolute Gasteiger partial charge is 0.327 e. The molecule has 1 saturated heterocycles. The van der Waals surface area contributed by atoms with E-state index >= 15 is 0 Å². The van der Waals surface area contributed by atoms with Crippen LogP contribution in [0.4, 0.5) is 4.79 Å². The van der Waals surface area contributed by atoms with Crippen LogP contribution in [0.1, 0.15) is 0 Å². The van der Waals surface area contributed by atoms with Gasteiger partial charge < -0.3 is 15.8 Å². The summed E-state index contributed by atoms with van der Waals surface area (Å²) < 4.78 is 0. The second kappa shape index (κ2) is 3.30. The molecule has 0 radical (unpaired) electrons. The number of imide groups is 1. The zero-order valence-corrected chi connectivity index (χ0v) is 7.10. The Balaban J connectivity index is 2.70. The van der Waals surface area contributed by atoms with Gasteiger partial charge in [0.25, 0.3) is 5.91 Å². The van der Waals surface area contributed by atoms with Crippen LogP contribution < -0.4 is 5.73 Å². The highest BCUT2D eigenvalue weighted by Gasteiger charge is 2.33. The number of urea groups is 1. The Labute approximate surface area is 74.4 Å². The van der Waals surface area contributed by atoms with Crippen LogP contribution in [-0.4, -0.2) is 52.9 Å². The Kier molecular flexibility index (Phi) is 2.36. The molecule has 3 N–H and O–H groups in total. The van der Waals surface area contributed by atoms with Gasteiger partial charge >= 0.3 is 6.03 Å². The van der Waals surface area contributed by atoms with Crippen LogP contribution in [0.15, 0.2) is 5.16 Å². The second-order valence-electron chi connectivity index (χ2n) is 2.71. The lowest BCUT2D eigenvalue weighted by molar-refractivity contribution is -0.124. The summed E-state index contributed by atoms with van der Waals surface area (Å²) in [4.78, 5) is 24.5. The number of likely N-dealkylation sites (N-methyl/N-ethyl adjacent to an activating group) is 1. The predicted molar refractivity (Wildman–Crippen MR) is 43.1 cm³/mol. The molecule has 0 bridgehead atoms. The van der Waals surface area contributed by atoms with Gasteiger partial charge in [0.15, 0.2) is 5.84 Å². The molecule has 0 aromatic rings. The van der Waals surface area contributed by atoms with E-state index in [2.05, 4.69) is 5.16 Å². The van der Waals surface area contributed by atoms with Crippen LogP contribution >= 0.6 is 0 Å². The maximum absolute atomic E-state index is 11.2. The van der Waals surface area contributed by atoms with Gasteiger partial charge in [-0.2, -0.15) is 0 Å². The fourth-order valence-electron chi connectivity index (χ4n) is 1.02. The Hall–Kier alpha value is -1.79. The first-order chi connectivity index (χ1) is 6.06. The maximum atomic E-state index is 11.2. The Bertz CT molecular complexity index is 275. The molecule has 3 amide bonds. The van der Waals surface area contributed by atoms with Crippen molar-refractivity contribution in [1.29, 1.82) is 0 Å². The minimum absolute atomic E-state index is 0.0392. The van der Waals surface area contributed by atoms with Gasteiger partial charge in [0.2, 0.25) is 0 Å². The number of hydrogen-bond donors (Lipinski definition) is 2. The van der Waals surface area contributed by atoms with Gasteiger partial charge in [-0.1, -0.05) is 5.16 Å². The number of oxime groups is 1. The van der Waals surface area contributed by atoms with Crippen molar-refractivity contribution in [3.63, 3.8) is 0 Å². The van der Waals surface area contributed by atoms with E-state index < -0.39 is 6.03 Å². The van der Waals surface area contributed by atoms with Crippen molar-refractivity contribution < 1.29 is 14.8 Å². The summed E-state index contributed by atoms with van der Waals surface area (Å²) in [5.74, 6) is -0.517. The number of carbonyl (C=O) groups is 2. The van der Waals surface area contributed by atoms with Crippen LogP contribution in [0, 0.1) is 0 Å². The predicted octanol–water partition coefficient (Wildman–Crippen LogP) is -1.37. The van der Waals surface area contributed by atoms with Crippen LogP contribution in [0.2, 0.25) is 0 Å². The van der Waals surface area contributed by atoms with Crippen molar-refractivity contribution in [2.75, 3.05) is 20.1 Å². The molecule has 0 aromatic heterocycles. The third-order valence-electron chi connectivity index (χ3n) is 1.68. The summed E-state index contributed by atoms with van der Waals surface area (Å²) >= 11 is 0. The molecule has 1 heterocycles. The molecule has 0 unspecified atom stereocenters. The first-order valence-electron chi connectivity index (χ1n) is 3.58. The number of amidine groups is 1. The zero-order valence-electron chi connectivity index (χ0n) is 7.10. The number of carbonyl (C=O) groups excluding carboxylic acids is 2. The molecule has 7 heteroatoms. The van der Waals surface area contributed by atoms with Crippen molar-refractivity contribution in [2.24, 2.45) is 10.9 Å². The molecule has 7 nitrogen and oxygen atoms in total. The normalized spacial score (nSPS) is 18.7. The maximum Gasteiger partial charge on any atom is 0.327 e. The molecular weight excluding hydrogens is 176 g/mol. The number of amides is 3. The Morgan fingerprint density at radius 3 is 2.69 bits per heavy atom. The minimum Gasteiger partial charge on any atom is -0.409 e. The van der Waals surface area contributed by atoms with Crippen molar-refractivity contribution in [2.45, 2.75) is 0 Å². The number of rotatable bonds is 2. The van der Waals surface area contributed by atoms with E-state index in [1.807, 2.05) is 0 Å². The minimum atomic E-state index is -0.434. The van der Waals surface area contributed by atoms with Crippen LogP contribution in [0.25, 0.3) is 0 Å². The van der Waals surface area contributed by atoms with Crippen molar-refractivity contribution >= 4 is 17.8 Å². The molecule has 0 saturated carbocycles. The molecule has 1 aliphatic heterocycles. The van der Waals surface area contributed by atoms with Crippen LogP contribution in [0.5, 0.6) is 0 Å². The summed E-state index contributed by atoms with van der Waals surface area (Å²) in [6.45, 7) is -0.129. The van der Waals surface area contributed by atoms with Gasteiger partial charge in [0.05, 0.1) is 6.54 Å². The molecule has 0 spiro atoms. The summed E-state index contributed by atoms with van der Waals surface area (Å²) in [6, 6.07) is -0.434. The average molecular weight is 186 g/mol. The molecule has 1 aliphatic rings. The molecule has 0 aliphatic carbocycles. The molecular formula is C6H10N4O3. The van der Waals surface area contributed by atoms with Crippen molar-refractivity contribution in [1.82, 2.24) is 9.80 Å². The van der Waals surface area contributed by atoms with Gasteiger partial charge in [-0.05, 0) is 0 Å². The fraction of sp³-hybridized carbons (Fsp3) is 0.500. The topological polar surface area (TPSA) is 99.2 Å². The largest absolute Gasteiger partial charge is 0.409 e. The van der Waals surface area contributed by atoms with Crippen molar-refractivity contribution in [3.8, 4) is 0 Å². The first-order valence-corrected chi connectivity index (χ1v) is 3.58. The molecule has 72 valence electrons. The van der Waals surface area contributed by atoms with Gasteiger partial charge in [-0.15, -0.1) is 0 Å². The molecule has 0 atom stereocenters. The summed E-state index contributed by atoms with van der Waals surface area (Å²) in [6.07, 6.45) is 0. The Morgan fingerprint density at radius 2 is 2.31 bits per heavy atom. The summed E-state index contributed by atoms with van der Waals surface area (Å²) in [7, 11) is 1.51. The quantitative estimate of drug-likeness (QED) is 0.183. The fourth-order valence-corrected chi connectivity index (χ4v) is 1.02. The third kappa shape index (κ3) is 1.68. The average Bonchev–Trinajstić information content (AvgIpc) is 2.32. The van der Waals surface area contributed by atoms with Gasteiger partial charge in [-0.3, -0.25) is 9.69 Å². The zero-order chi connectivity index (χ0) is 10.0. The van der Waals surface area contributed by atoms with E-state index in [9.17, 15) is 9.59 Å². The van der Waals surface area contributed by atoms with E-state index in [4.69, 9.17) is 10.9 Å². The van der Waals surface area contributed by atoms with Crippen molar-refractivity contribution in [3.05, 3.63) is 0 Å². The lowest BCUT2D eigenvalue weighted by Gasteiger charge is -2.12. The van der Waals surface area contributed by atoms with Crippen LogP contribution in [0.3, 0.4) is 0 Å². The third-order valence-corrected chi connectivity index (χ3v) is 1.68. The number of hydrogen-bond acceptors (Lipinski definition) is 4. The van der Waals surface area contributed by atoms with E-state index in [0.29, 0.717) is 0 Å². The lowest BCUT2D eigenvalue weighted by Crippen LogP contribution is -2.38.